The second-order valence-corrected chi connectivity index (χ2v) is 45.3. The summed E-state index contributed by atoms with van der Waals surface area (Å²) < 4.78 is 0. The zero-order valence-corrected chi connectivity index (χ0v) is 77.4. The molecule has 0 aromatic carbocycles. The van der Waals surface area contributed by atoms with Gasteiger partial charge in [0.05, 0.1) is 0 Å². The van der Waals surface area contributed by atoms with Crippen molar-refractivity contribution in [3.05, 3.63) is 0 Å². The third kappa shape index (κ3) is 23.0. The van der Waals surface area contributed by atoms with Crippen LogP contribution in [0.3, 0.4) is 0 Å². The molecule has 10 heterocycles. The molecule has 0 radical (unpaired) electrons. The molecule has 3 N–H and O–H groups in total. The van der Waals surface area contributed by atoms with Gasteiger partial charge >= 0.3 is 0 Å². The molecule has 0 amide bonds. The molecule has 0 bridgehead atoms. The molecule has 28 unspecified atom stereocenters. The minimum atomic E-state index is 0.859. The molecule has 10 saturated heterocycles. The zero-order chi connectivity index (χ0) is 79.3. The Morgan fingerprint density at radius 3 is 0.522 bits per heavy atom. The van der Waals surface area contributed by atoms with Crippen LogP contribution in [0.15, 0.2) is 0 Å². The van der Waals surface area contributed by atoms with Crippen molar-refractivity contribution in [3.8, 4) is 0 Å². The van der Waals surface area contributed by atoms with E-state index in [1.54, 1.807) is 19.3 Å². The first-order valence-electron chi connectivity index (χ1n) is 52.5. The summed E-state index contributed by atoms with van der Waals surface area (Å²) in [6.07, 6.45) is 82.4. The van der Waals surface area contributed by atoms with E-state index in [1.807, 2.05) is 0 Å². The Balaban J connectivity index is 0.000000104. The van der Waals surface area contributed by atoms with Gasteiger partial charge in [0.2, 0.25) is 0 Å². The number of fused-ring (bicyclic) bond motifs is 13. The van der Waals surface area contributed by atoms with Gasteiger partial charge in [-0.3, -0.25) is 29.4 Å². The fourth-order valence-corrected chi connectivity index (χ4v) is 31.6. The van der Waals surface area contributed by atoms with E-state index in [0.29, 0.717) is 0 Å². The quantitative estimate of drug-likeness (QED) is 0.246. The Bertz CT molecular complexity index is 2230. The maximum absolute atomic E-state index is 3.96. The lowest BCUT2D eigenvalue weighted by Gasteiger charge is -2.57. The molecule has 22 fully saturated rings. The number of likely N-dealkylation sites (tertiary alicyclic amines) is 4. The number of hydrogen-bond acceptors (Lipinski definition) is 13. The van der Waals surface area contributed by atoms with Crippen molar-refractivity contribution in [2.45, 2.75) is 468 Å². The van der Waals surface area contributed by atoms with Crippen LogP contribution in [-0.2, 0) is 0 Å². The summed E-state index contributed by atoms with van der Waals surface area (Å²) in [5, 5.41) is 11.9. The monoisotopic (exact) mass is 1600 g/mol. The minimum absolute atomic E-state index is 0.859. The van der Waals surface area contributed by atoms with E-state index >= 15 is 0 Å². The SMILES string of the molecule is C1CCC2NC3CCCCC3CC2C1.C1CCC2NC3CCCCC3CC2C1.C1CCC2NC3CCCCC3CC2C1.CN1C2CCCCC2N(C)C2CCCCC21.CN1C2CCCCC2N(C)C2CCCCC21.CN1C2CCCCC2N(C)C2CCCCC21.CN1CCC(CC2CCN(C)C2)C1.CN1CCC2CN(C)CCC2C1. The van der Waals surface area contributed by atoms with Crippen molar-refractivity contribution < 1.29 is 0 Å². The van der Waals surface area contributed by atoms with Gasteiger partial charge in [-0.2, -0.15) is 0 Å². The lowest BCUT2D eigenvalue weighted by molar-refractivity contribution is -0.0692. The molecule has 0 aromatic rings. The molecule has 28 atom stereocenters. The predicted octanol–water partition coefficient (Wildman–Crippen LogP) is 18.9. The van der Waals surface area contributed by atoms with Crippen LogP contribution in [0, 0.1) is 59.2 Å². The van der Waals surface area contributed by atoms with Crippen LogP contribution in [0.5, 0.6) is 0 Å². The van der Waals surface area contributed by atoms with E-state index in [1.165, 1.54) is 393 Å². The molecule has 13 heteroatoms. The van der Waals surface area contributed by atoms with Gasteiger partial charge in [0.1, 0.15) is 0 Å². The van der Waals surface area contributed by atoms with Gasteiger partial charge in [-0.1, -0.05) is 154 Å². The minimum Gasteiger partial charge on any atom is -0.311 e. The highest BCUT2D eigenvalue weighted by molar-refractivity contribution is 5.07. The molecule has 13 nitrogen and oxygen atoms in total. The Morgan fingerprint density at radius 1 is 0.174 bits per heavy atom. The molecule has 22 aliphatic rings. The van der Waals surface area contributed by atoms with E-state index in [0.717, 1.165) is 168 Å². The van der Waals surface area contributed by atoms with Gasteiger partial charge in [0, 0.05) is 135 Å². The molecule has 662 valence electrons. The maximum atomic E-state index is 3.96. The molecular formula is C102H189N13. The summed E-state index contributed by atoms with van der Waals surface area (Å²) in [4.78, 5) is 26.5. The van der Waals surface area contributed by atoms with E-state index in [-0.39, 0.29) is 0 Å². The average molecular weight is 1600 g/mol. The van der Waals surface area contributed by atoms with Gasteiger partial charge in [0.25, 0.3) is 0 Å². The van der Waals surface area contributed by atoms with Gasteiger partial charge in [-0.25, -0.2) is 0 Å². The van der Waals surface area contributed by atoms with Gasteiger partial charge in [-0.05, 0) is 361 Å². The summed E-state index contributed by atoms with van der Waals surface area (Å²) in [7, 11) is 23.4. The second kappa shape index (κ2) is 44.1. The average Bonchev–Trinajstić information content (AvgIpc) is 1.14. The number of likely N-dealkylation sites (N-methyl/N-ethyl adjacent to an activating group) is 6. The highest BCUT2D eigenvalue weighted by Gasteiger charge is 2.50. The first-order chi connectivity index (χ1) is 56.2. The van der Waals surface area contributed by atoms with Crippen LogP contribution in [0.1, 0.15) is 360 Å². The number of hydrogen-bond donors (Lipinski definition) is 3. The van der Waals surface area contributed by atoms with Gasteiger partial charge in [-0.15, -0.1) is 0 Å². The summed E-state index contributed by atoms with van der Waals surface area (Å²) in [5.74, 6) is 10.3. The Labute approximate surface area is 711 Å². The summed E-state index contributed by atoms with van der Waals surface area (Å²) in [6, 6.07) is 15.7. The normalized spacial score (nSPS) is 45.1. The molecular weight excluding hydrogens is 1410 g/mol. The van der Waals surface area contributed by atoms with Crippen LogP contribution in [0.25, 0.3) is 0 Å². The van der Waals surface area contributed by atoms with Crippen LogP contribution in [0.4, 0.5) is 0 Å². The lowest BCUT2D eigenvalue weighted by atomic mass is 9.69. The molecule has 12 aliphatic carbocycles. The van der Waals surface area contributed by atoms with E-state index in [9.17, 15) is 0 Å². The van der Waals surface area contributed by atoms with E-state index in [2.05, 4.69) is 135 Å². The van der Waals surface area contributed by atoms with Crippen molar-refractivity contribution in [3.63, 3.8) is 0 Å². The molecule has 12 saturated carbocycles. The van der Waals surface area contributed by atoms with Gasteiger partial charge < -0.3 is 35.6 Å². The molecule has 0 spiro atoms. The third-order valence-electron chi connectivity index (χ3n) is 38.2. The highest BCUT2D eigenvalue weighted by Crippen LogP contribution is 2.47. The second-order valence-electron chi connectivity index (χ2n) is 45.3. The van der Waals surface area contributed by atoms with Crippen molar-refractivity contribution in [1.82, 2.24) is 64.9 Å². The highest BCUT2D eigenvalue weighted by atomic mass is 15.4. The van der Waals surface area contributed by atoms with Gasteiger partial charge in [0.15, 0.2) is 0 Å². The van der Waals surface area contributed by atoms with Crippen LogP contribution in [0.2, 0.25) is 0 Å². The van der Waals surface area contributed by atoms with Crippen LogP contribution in [-0.4, -0.2) is 281 Å². The van der Waals surface area contributed by atoms with Crippen molar-refractivity contribution in [2.24, 2.45) is 59.2 Å². The molecule has 22 rings (SSSR count). The lowest BCUT2D eigenvalue weighted by Crippen LogP contribution is -2.67. The zero-order valence-electron chi connectivity index (χ0n) is 77.4. The Hall–Kier alpha value is -0.520. The fourth-order valence-electron chi connectivity index (χ4n) is 31.6. The third-order valence-corrected chi connectivity index (χ3v) is 38.2. The Kier molecular flexibility index (Phi) is 34.2. The van der Waals surface area contributed by atoms with E-state index < -0.39 is 0 Å². The summed E-state index contributed by atoms with van der Waals surface area (Å²) >= 11 is 0. The topological polar surface area (TPSA) is 68.5 Å². The Morgan fingerprint density at radius 2 is 0.339 bits per heavy atom. The summed E-state index contributed by atoms with van der Waals surface area (Å²) in [6.45, 7) is 10.7. The first-order valence-corrected chi connectivity index (χ1v) is 52.5. The molecule has 0 aromatic heterocycles. The molecule has 115 heavy (non-hydrogen) atoms. The number of rotatable bonds is 2. The number of nitrogens with zero attached hydrogens (tertiary/aromatic N) is 10. The van der Waals surface area contributed by atoms with Crippen molar-refractivity contribution >= 4 is 0 Å². The predicted molar refractivity (Wildman–Crippen MR) is 488 cm³/mol. The smallest absolute Gasteiger partial charge is 0.0252 e. The van der Waals surface area contributed by atoms with Crippen LogP contribution < -0.4 is 16.0 Å². The fraction of sp³-hybridized carbons (Fsp3) is 1.00. The van der Waals surface area contributed by atoms with Crippen LogP contribution >= 0.6 is 0 Å². The number of piperidine rings is 5. The first kappa shape index (κ1) is 89.3. The number of nitrogens with one attached hydrogen (secondary N) is 3. The summed E-state index contributed by atoms with van der Waals surface area (Å²) in [5.41, 5.74) is 0. The standard InChI is InChI=1S/3C14H26N2.3C13H23N.C11H22N2.C10H20N2/c3*1-15-11-7-3-5-9-13(11)16(2)14-10-6-4-8-12(14)15;3*1-3-7-12-10(5-1)9-11-6-2-4-8-13(11)14-12;1-12-5-3-10(8-12)7-11-4-6-13(2)9-11;1-11-5-3-10-8-12(2)6-4-9(10)7-11/h3*11-14H,3-10H2,1-2H3;3*10-14H,1-9H2;10-11H,3-9H2,1-2H3;9-10H,3-8H2,1-2H3. The largest absolute Gasteiger partial charge is 0.311 e. The molecule has 10 aliphatic heterocycles. The van der Waals surface area contributed by atoms with E-state index in [4.69, 9.17) is 0 Å². The number of piperazine rings is 3. The van der Waals surface area contributed by atoms with Crippen molar-refractivity contribution in [1.29, 1.82) is 0 Å². The maximum Gasteiger partial charge on any atom is 0.0252 e. The van der Waals surface area contributed by atoms with Crippen molar-refractivity contribution in [2.75, 3.05) is 123 Å².